The number of nitrogens with one attached hydrogen (secondary N) is 2. The summed E-state index contributed by atoms with van der Waals surface area (Å²) in [6, 6.07) is 11.3. The van der Waals surface area contributed by atoms with Gasteiger partial charge in [-0.25, -0.2) is 0 Å². The first-order chi connectivity index (χ1) is 13.8. The van der Waals surface area contributed by atoms with Crippen LogP contribution in [0.5, 0.6) is 11.5 Å². The lowest BCUT2D eigenvalue weighted by atomic mass is 9.98. The molecule has 0 aliphatic carbocycles. The Labute approximate surface area is 187 Å². The van der Waals surface area contributed by atoms with Crippen LogP contribution in [0.2, 0.25) is 0 Å². The first-order valence-corrected chi connectivity index (χ1v) is 10.8. The molecule has 8 heteroatoms. The number of ether oxygens (including phenoxy) is 2. The predicted octanol–water partition coefficient (Wildman–Crippen LogP) is 4.64. The van der Waals surface area contributed by atoms with Crippen LogP contribution in [0.25, 0.3) is 0 Å². The van der Waals surface area contributed by atoms with Crippen molar-refractivity contribution in [2.75, 3.05) is 13.2 Å². The third kappa shape index (κ3) is 7.04. The van der Waals surface area contributed by atoms with Gasteiger partial charge >= 0.3 is 0 Å². The van der Waals surface area contributed by atoms with Crippen LogP contribution in [0.3, 0.4) is 0 Å². The van der Waals surface area contributed by atoms with Crippen molar-refractivity contribution in [2.24, 2.45) is 0 Å². The van der Waals surface area contributed by atoms with Crippen molar-refractivity contribution < 1.29 is 19.1 Å². The van der Waals surface area contributed by atoms with E-state index in [1.54, 1.807) is 0 Å². The van der Waals surface area contributed by atoms with E-state index >= 15 is 0 Å². The smallest absolute Gasteiger partial charge is 0.276 e. The maximum atomic E-state index is 12.0. The van der Waals surface area contributed by atoms with Gasteiger partial charge in [-0.2, -0.15) is 0 Å². The highest BCUT2D eigenvalue weighted by Gasteiger charge is 2.13. The van der Waals surface area contributed by atoms with Crippen LogP contribution in [-0.2, 0) is 9.59 Å². The molecule has 0 radical (unpaired) electrons. The van der Waals surface area contributed by atoms with Crippen LogP contribution >= 0.6 is 31.9 Å². The van der Waals surface area contributed by atoms with Crippen LogP contribution in [0, 0.1) is 6.92 Å². The quantitative estimate of drug-likeness (QED) is 0.490. The molecule has 2 rings (SSSR count). The molecule has 156 valence electrons. The first-order valence-electron chi connectivity index (χ1n) is 9.19. The van der Waals surface area contributed by atoms with Gasteiger partial charge in [0.05, 0.1) is 4.47 Å². The molecule has 0 aliphatic heterocycles. The molecular formula is C21H24Br2N2O4. The third-order valence-electron chi connectivity index (χ3n) is 4.30. The Hall–Kier alpha value is -2.06. The van der Waals surface area contributed by atoms with Gasteiger partial charge in [0.1, 0.15) is 11.5 Å². The van der Waals surface area contributed by atoms with Gasteiger partial charge in [-0.05, 0) is 64.5 Å². The molecule has 2 amide bonds. The zero-order valence-electron chi connectivity index (χ0n) is 16.6. The molecule has 29 heavy (non-hydrogen) atoms. The summed E-state index contributed by atoms with van der Waals surface area (Å²) in [4.78, 5) is 23.9. The normalized spacial score (nSPS) is 11.5. The van der Waals surface area contributed by atoms with E-state index in [1.165, 1.54) is 0 Å². The second kappa shape index (κ2) is 11.2. The summed E-state index contributed by atoms with van der Waals surface area (Å²) in [7, 11) is 0. The summed E-state index contributed by atoms with van der Waals surface area (Å²) in [6.45, 7) is 5.64. The molecule has 2 N–H and O–H groups in total. The lowest BCUT2D eigenvalue weighted by Crippen LogP contribution is -2.45. The summed E-state index contributed by atoms with van der Waals surface area (Å²) < 4.78 is 12.8. The lowest BCUT2D eigenvalue weighted by molar-refractivity contribution is -0.131. The van der Waals surface area contributed by atoms with E-state index < -0.39 is 11.8 Å². The lowest BCUT2D eigenvalue weighted by Gasteiger charge is -2.16. The molecule has 1 unspecified atom stereocenters. The van der Waals surface area contributed by atoms with E-state index in [-0.39, 0.29) is 13.2 Å². The second-order valence-electron chi connectivity index (χ2n) is 6.55. The highest BCUT2D eigenvalue weighted by molar-refractivity contribution is 9.11. The maximum Gasteiger partial charge on any atom is 0.276 e. The van der Waals surface area contributed by atoms with E-state index in [9.17, 15) is 9.59 Å². The van der Waals surface area contributed by atoms with E-state index in [0.29, 0.717) is 17.4 Å². The van der Waals surface area contributed by atoms with Crippen LogP contribution in [0.1, 0.15) is 37.3 Å². The fourth-order valence-corrected chi connectivity index (χ4v) is 4.16. The van der Waals surface area contributed by atoms with Crippen LogP contribution in [0.15, 0.2) is 45.3 Å². The number of carbonyl (C=O) groups is 2. The molecule has 0 spiro atoms. The number of benzene rings is 2. The molecule has 0 bridgehead atoms. The van der Waals surface area contributed by atoms with Crippen molar-refractivity contribution in [2.45, 2.75) is 33.1 Å². The molecule has 1 atom stereocenters. The van der Waals surface area contributed by atoms with Gasteiger partial charge < -0.3 is 9.47 Å². The van der Waals surface area contributed by atoms with E-state index in [4.69, 9.17) is 9.47 Å². The third-order valence-corrected chi connectivity index (χ3v) is 5.35. The number of amides is 2. The number of hydrazine groups is 1. The number of para-hydroxylation sites is 1. The number of rotatable bonds is 8. The molecule has 0 aromatic heterocycles. The summed E-state index contributed by atoms with van der Waals surface area (Å²) >= 11 is 6.79. The van der Waals surface area contributed by atoms with E-state index in [2.05, 4.69) is 56.6 Å². The van der Waals surface area contributed by atoms with Gasteiger partial charge in [-0.15, -0.1) is 0 Å². The van der Waals surface area contributed by atoms with Gasteiger partial charge in [0, 0.05) is 4.47 Å². The Morgan fingerprint density at radius 2 is 1.66 bits per heavy atom. The van der Waals surface area contributed by atoms with Crippen molar-refractivity contribution in [3.63, 3.8) is 0 Å². The van der Waals surface area contributed by atoms with Crippen molar-refractivity contribution in [3.05, 3.63) is 56.5 Å². The summed E-state index contributed by atoms with van der Waals surface area (Å²) in [5.41, 5.74) is 6.57. The average molecular weight is 528 g/mol. The molecule has 0 aliphatic rings. The highest BCUT2D eigenvalue weighted by Crippen LogP contribution is 2.32. The Morgan fingerprint density at radius 1 is 1.03 bits per heavy atom. The minimum atomic E-state index is -0.479. The molecule has 0 fully saturated rings. The fraction of sp³-hybridized carbons (Fsp3) is 0.333. The van der Waals surface area contributed by atoms with E-state index in [0.717, 1.165) is 26.5 Å². The second-order valence-corrected chi connectivity index (χ2v) is 8.32. The number of hydrogen-bond donors (Lipinski definition) is 2. The number of hydrogen-bond acceptors (Lipinski definition) is 4. The highest BCUT2D eigenvalue weighted by atomic mass is 79.9. The summed E-state index contributed by atoms with van der Waals surface area (Å²) in [6.07, 6.45) is 0.969. The van der Waals surface area contributed by atoms with Gasteiger partial charge in [0.15, 0.2) is 13.2 Å². The Morgan fingerprint density at radius 3 is 2.28 bits per heavy atom. The zero-order valence-corrected chi connectivity index (χ0v) is 19.7. The Kier molecular flexibility index (Phi) is 8.98. The van der Waals surface area contributed by atoms with Crippen molar-refractivity contribution in [1.82, 2.24) is 10.9 Å². The molecule has 0 saturated carbocycles. The van der Waals surface area contributed by atoms with Crippen molar-refractivity contribution >= 4 is 43.7 Å². The topological polar surface area (TPSA) is 76.7 Å². The number of halogens is 2. The molecule has 6 nitrogen and oxygen atoms in total. The van der Waals surface area contributed by atoms with Crippen LogP contribution < -0.4 is 20.3 Å². The molecule has 2 aromatic carbocycles. The standard InChI is InChI=1S/C21H24Br2N2O4/c1-4-13(2)16-7-5-6-8-18(16)28-11-19(26)24-25-20(27)12-29-21-14(3)9-15(22)10-17(21)23/h5-10,13H,4,11-12H2,1-3H3,(H,24,26)(H,25,27). The van der Waals surface area contributed by atoms with Crippen molar-refractivity contribution in [3.8, 4) is 11.5 Å². The summed E-state index contributed by atoms with van der Waals surface area (Å²) in [5.74, 6) is 0.625. The average Bonchev–Trinajstić information content (AvgIpc) is 2.69. The molecular weight excluding hydrogens is 504 g/mol. The van der Waals surface area contributed by atoms with Gasteiger partial charge in [0.2, 0.25) is 0 Å². The monoisotopic (exact) mass is 526 g/mol. The Balaban J connectivity index is 1.79. The maximum absolute atomic E-state index is 12.0. The SMILES string of the molecule is CCC(C)c1ccccc1OCC(=O)NNC(=O)COc1c(C)cc(Br)cc1Br. The van der Waals surface area contributed by atoms with Crippen LogP contribution in [0.4, 0.5) is 0 Å². The minimum Gasteiger partial charge on any atom is -0.483 e. The van der Waals surface area contributed by atoms with E-state index in [1.807, 2.05) is 43.3 Å². The van der Waals surface area contributed by atoms with Gasteiger partial charge in [0.25, 0.3) is 11.8 Å². The minimum absolute atomic E-state index is 0.202. The molecule has 0 heterocycles. The Bertz CT molecular complexity index is 851. The van der Waals surface area contributed by atoms with Gasteiger partial charge in [-0.3, -0.25) is 20.4 Å². The first kappa shape index (κ1) is 23.2. The molecule has 2 aromatic rings. The predicted molar refractivity (Wildman–Crippen MR) is 119 cm³/mol. The summed E-state index contributed by atoms with van der Waals surface area (Å²) in [5, 5.41) is 0. The number of carbonyl (C=O) groups excluding carboxylic acids is 2. The zero-order chi connectivity index (χ0) is 21.4. The number of aryl methyl sites for hydroxylation is 1. The fourth-order valence-electron chi connectivity index (χ4n) is 2.60. The largest absolute Gasteiger partial charge is 0.483 e. The van der Waals surface area contributed by atoms with Crippen LogP contribution in [-0.4, -0.2) is 25.0 Å². The van der Waals surface area contributed by atoms with Gasteiger partial charge in [-0.1, -0.05) is 48.0 Å². The van der Waals surface area contributed by atoms with Crippen molar-refractivity contribution in [1.29, 1.82) is 0 Å². The molecule has 0 saturated heterocycles.